The van der Waals surface area contributed by atoms with Crippen molar-refractivity contribution in [3.8, 4) is 0 Å². The summed E-state index contributed by atoms with van der Waals surface area (Å²) in [5, 5.41) is 2.06. The number of nitrogens with two attached hydrogens (primary N) is 1. The predicted octanol–water partition coefficient (Wildman–Crippen LogP) is -2.20. The summed E-state index contributed by atoms with van der Waals surface area (Å²) >= 11 is 0. The van der Waals surface area contributed by atoms with Crippen molar-refractivity contribution in [2.75, 3.05) is 12.0 Å². The minimum absolute atomic E-state index is 0.0458. The molecule has 0 saturated carbocycles. The summed E-state index contributed by atoms with van der Waals surface area (Å²) in [7, 11) is -4.04. The van der Waals surface area contributed by atoms with Crippen molar-refractivity contribution in [1.29, 1.82) is 0 Å². The monoisotopic (exact) mass is 300 g/mol. The molecule has 1 aliphatic rings. The lowest BCUT2D eigenvalue weighted by atomic mass is 10.2. The second-order valence-corrected chi connectivity index (χ2v) is 5.92. The van der Waals surface area contributed by atoms with Crippen LogP contribution in [0, 0.1) is 0 Å². The van der Waals surface area contributed by atoms with Gasteiger partial charge >= 0.3 is 0 Å². The zero-order valence-electron chi connectivity index (χ0n) is 10.4. The highest BCUT2D eigenvalue weighted by molar-refractivity contribution is 7.89. The molecule has 2 heterocycles. The highest BCUT2D eigenvalue weighted by Crippen LogP contribution is 2.19. The molecular formula is C9H12N6O4S. The van der Waals surface area contributed by atoms with Crippen LogP contribution in [-0.4, -0.2) is 47.1 Å². The molecule has 2 amide bonds. The Balaban J connectivity index is 2.37. The van der Waals surface area contributed by atoms with E-state index in [0.717, 1.165) is 16.7 Å². The number of rotatable bonds is 3. The Morgan fingerprint density at radius 3 is 2.55 bits per heavy atom. The molecule has 0 bridgehead atoms. The van der Waals surface area contributed by atoms with E-state index < -0.39 is 34.4 Å². The molecule has 1 aliphatic heterocycles. The average molecular weight is 300 g/mol. The zero-order valence-corrected chi connectivity index (χ0v) is 11.2. The number of carbonyl (C=O) groups is 2. The van der Waals surface area contributed by atoms with Crippen LogP contribution < -0.4 is 16.6 Å². The van der Waals surface area contributed by atoms with Crippen LogP contribution in [0.15, 0.2) is 17.3 Å². The lowest BCUT2D eigenvalue weighted by Gasteiger charge is -2.30. The molecule has 0 spiro atoms. The van der Waals surface area contributed by atoms with Gasteiger partial charge in [0.2, 0.25) is 27.8 Å². The van der Waals surface area contributed by atoms with E-state index in [1.54, 1.807) is 0 Å². The SMILES string of the molecule is CC1C(=O)NC(=O)CN1S(=O)(=O)c1cnc(NN)nc1. The van der Waals surface area contributed by atoms with Crippen LogP contribution >= 0.6 is 0 Å². The quantitative estimate of drug-likeness (QED) is 0.323. The number of sulfonamides is 1. The van der Waals surface area contributed by atoms with E-state index in [-0.39, 0.29) is 10.8 Å². The third kappa shape index (κ3) is 2.45. The second-order valence-electron chi connectivity index (χ2n) is 4.03. The maximum Gasteiger partial charge on any atom is 0.247 e. The number of imide groups is 1. The number of nitrogen functional groups attached to an aromatic ring is 1. The van der Waals surface area contributed by atoms with Crippen molar-refractivity contribution in [2.45, 2.75) is 17.9 Å². The fourth-order valence-corrected chi connectivity index (χ4v) is 3.08. The Morgan fingerprint density at radius 1 is 1.40 bits per heavy atom. The molecule has 20 heavy (non-hydrogen) atoms. The second kappa shape index (κ2) is 5.11. The largest absolute Gasteiger partial charge is 0.294 e. The van der Waals surface area contributed by atoms with E-state index in [4.69, 9.17) is 5.84 Å². The maximum atomic E-state index is 12.4. The summed E-state index contributed by atoms with van der Waals surface area (Å²) in [6.45, 7) is 0.947. The zero-order chi connectivity index (χ0) is 14.9. The molecule has 11 heteroatoms. The first-order valence-electron chi connectivity index (χ1n) is 5.50. The smallest absolute Gasteiger partial charge is 0.247 e. The number of nitrogens with one attached hydrogen (secondary N) is 2. The lowest BCUT2D eigenvalue weighted by Crippen LogP contribution is -2.58. The van der Waals surface area contributed by atoms with E-state index in [1.807, 2.05) is 0 Å². The average Bonchev–Trinajstić information content (AvgIpc) is 2.42. The molecule has 1 fully saturated rings. The van der Waals surface area contributed by atoms with Crippen LogP contribution in [0.3, 0.4) is 0 Å². The molecule has 0 aliphatic carbocycles. The van der Waals surface area contributed by atoms with Crippen molar-refractivity contribution in [3.63, 3.8) is 0 Å². The Morgan fingerprint density at radius 2 is 2.00 bits per heavy atom. The van der Waals surface area contributed by atoms with Gasteiger partial charge in [0.1, 0.15) is 10.9 Å². The Bertz CT molecular complexity index is 643. The Kier molecular flexibility index (Phi) is 3.65. The van der Waals surface area contributed by atoms with Gasteiger partial charge in [0, 0.05) is 0 Å². The van der Waals surface area contributed by atoms with E-state index in [0.29, 0.717) is 0 Å². The van der Waals surface area contributed by atoms with Gasteiger partial charge in [0.15, 0.2) is 0 Å². The summed E-state index contributed by atoms with van der Waals surface area (Å²) in [4.78, 5) is 29.9. The summed E-state index contributed by atoms with van der Waals surface area (Å²) < 4.78 is 25.5. The number of nitrogens with zero attached hydrogens (tertiary/aromatic N) is 3. The number of hydrogen-bond donors (Lipinski definition) is 3. The first kappa shape index (κ1) is 14.3. The number of aromatic nitrogens is 2. The first-order valence-corrected chi connectivity index (χ1v) is 6.94. The fourth-order valence-electron chi connectivity index (χ4n) is 1.64. The van der Waals surface area contributed by atoms with Crippen LogP contribution in [0.4, 0.5) is 5.95 Å². The summed E-state index contributed by atoms with van der Waals surface area (Å²) in [6.07, 6.45) is 2.09. The van der Waals surface area contributed by atoms with E-state index in [9.17, 15) is 18.0 Å². The summed E-state index contributed by atoms with van der Waals surface area (Å²) in [6, 6.07) is -0.995. The van der Waals surface area contributed by atoms with Gasteiger partial charge in [-0.15, -0.1) is 0 Å². The van der Waals surface area contributed by atoms with Gasteiger partial charge in [-0.1, -0.05) is 0 Å². The molecular weight excluding hydrogens is 288 g/mol. The van der Waals surface area contributed by atoms with Gasteiger partial charge in [-0.25, -0.2) is 24.2 Å². The van der Waals surface area contributed by atoms with E-state index >= 15 is 0 Å². The number of piperazine rings is 1. The summed E-state index contributed by atoms with van der Waals surface area (Å²) in [5.41, 5.74) is 2.16. The van der Waals surface area contributed by atoms with Crippen molar-refractivity contribution in [3.05, 3.63) is 12.4 Å². The van der Waals surface area contributed by atoms with Crippen LogP contribution in [0.25, 0.3) is 0 Å². The topological polar surface area (TPSA) is 147 Å². The first-order chi connectivity index (χ1) is 9.36. The number of anilines is 1. The number of hydrogen-bond acceptors (Lipinski definition) is 8. The third-order valence-corrected chi connectivity index (χ3v) is 4.61. The number of hydrazine groups is 1. The Hall–Kier alpha value is -2.11. The van der Waals surface area contributed by atoms with Crippen LogP contribution in [0.5, 0.6) is 0 Å². The highest BCUT2D eigenvalue weighted by atomic mass is 32.2. The van der Waals surface area contributed by atoms with Crippen molar-refractivity contribution >= 4 is 27.8 Å². The maximum absolute atomic E-state index is 12.4. The molecule has 1 aromatic rings. The minimum Gasteiger partial charge on any atom is -0.294 e. The normalized spacial score (nSPS) is 20.6. The van der Waals surface area contributed by atoms with Crippen molar-refractivity contribution < 1.29 is 18.0 Å². The van der Waals surface area contributed by atoms with Crippen molar-refractivity contribution in [1.82, 2.24) is 19.6 Å². The van der Waals surface area contributed by atoms with Gasteiger partial charge in [-0.2, -0.15) is 4.31 Å². The van der Waals surface area contributed by atoms with Crippen molar-refractivity contribution in [2.24, 2.45) is 5.84 Å². The molecule has 1 atom stereocenters. The van der Waals surface area contributed by atoms with Gasteiger partial charge < -0.3 is 0 Å². The predicted molar refractivity (Wildman–Crippen MR) is 66.3 cm³/mol. The van der Waals surface area contributed by atoms with Crippen LogP contribution in [-0.2, 0) is 19.6 Å². The molecule has 1 saturated heterocycles. The third-order valence-electron chi connectivity index (χ3n) is 2.74. The molecule has 2 rings (SSSR count). The molecule has 10 nitrogen and oxygen atoms in total. The number of carbonyl (C=O) groups excluding carboxylic acids is 2. The minimum atomic E-state index is -4.04. The molecule has 4 N–H and O–H groups in total. The lowest BCUT2D eigenvalue weighted by molar-refractivity contribution is -0.136. The van der Waals surface area contributed by atoms with Gasteiger partial charge in [0.25, 0.3) is 0 Å². The molecule has 1 unspecified atom stereocenters. The molecule has 1 aromatic heterocycles. The summed E-state index contributed by atoms with van der Waals surface area (Å²) in [5.74, 6) is 3.77. The van der Waals surface area contributed by atoms with Gasteiger partial charge in [-0.05, 0) is 6.92 Å². The van der Waals surface area contributed by atoms with Gasteiger partial charge in [0.05, 0.1) is 18.9 Å². The number of amides is 2. The van der Waals surface area contributed by atoms with E-state index in [2.05, 4.69) is 20.7 Å². The van der Waals surface area contributed by atoms with E-state index in [1.165, 1.54) is 6.92 Å². The molecule has 108 valence electrons. The Labute approximate surface area is 114 Å². The highest BCUT2D eigenvalue weighted by Gasteiger charge is 2.39. The van der Waals surface area contributed by atoms with Crippen LogP contribution in [0.2, 0.25) is 0 Å². The fraction of sp³-hybridized carbons (Fsp3) is 0.333. The standard InChI is InChI=1S/C9H12N6O4S/c1-5-8(17)13-7(16)4-15(5)20(18,19)6-2-11-9(14-10)12-3-6/h2-3,5H,4,10H2,1H3,(H,11,12,14)(H,13,16,17). The molecule has 0 radical (unpaired) electrons. The van der Waals surface area contributed by atoms with Gasteiger partial charge in [-0.3, -0.25) is 20.3 Å². The molecule has 0 aromatic carbocycles. The van der Waals surface area contributed by atoms with Crippen LogP contribution in [0.1, 0.15) is 6.92 Å².